The molecule has 1 aromatic carbocycles. The zero-order valence-corrected chi connectivity index (χ0v) is 11.7. The summed E-state index contributed by atoms with van der Waals surface area (Å²) in [6.45, 7) is 1.88. The molecule has 0 bridgehead atoms. The maximum Gasteiger partial charge on any atom is 0.265 e. The van der Waals surface area contributed by atoms with Gasteiger partial charge in [-0.05, 0) is 53.8 Å². The molecule has 0 radical (unpaired) electrons. The van der Waals surface area contributed by atoms with Gasteiger partial charge in [0.1, 0.15) is 11.6 Å². The molecule has 0 aliphatic heterocycles. The van der Waals surface area contributed by atoms with Crippen molar-refractivity contribution in [1.82, 2.24) is 19.6 Å². The number of aryl methyl sites for hydroxylation is 1. The van der Waals surface area contributed by atoms with Crippen LogP contribution < -0.4 is 4.74 Å². The summed E-state index contributed by atoms with van der Waals surface area (Å²) in [6, 6.07) is 7.75. The Bertz CT molecular complexity index is 693. The molecule has 90 valence electrons. The van der Waals surface area contributed by atoms with Crippen LogP contribution in [-0.4, -0.2) is 19.6 Å². The van der Waals surface area contributed by atoms with E-state index in [1.165, 1.54) is 0 Å². The van der Waals surface area contributed by atoms with Crippen LogP contribution in [0.25, 0.3) is 5.65 Å². The minimum atomic E-state index is 0.458. The summed E-state index contributed by atoms with van der Waals surface area (Å²) >= 11 is 2.25. The second-order valence-electron chi connectivity index (χ2n) is 3.73. The lowest BCUT2D eigenvalue weighted by Gasteiger charge is -2.05. The third-order valence-corrected chi connectivity index (χ3v) is 3.21. The van der Waals surface area contributed by atoms with Crippen LogP contribution in [0.3, 0.4) is 0 Å². The predicted octanol–water partition coefficient (Wildman–Crippen LogP) is 2.83. The zero-order valence-electron chi connectivity index (χ0n) is 9.54. The Morgan fingerprint density at radius 2 is 1.94 bits per heavy atom. The van der Waals surface area contributed by atoms with E-state index in [1.807, 2.05) is 41.8 Å². The molecule has 18 heavy (non-hydrogen) atoms. The van der Waals surface area contributed by atoms with Crippen LogP contribution in [-0.2, 0) is 0 Å². The van der Waals surface area contributed by atoms with E-state index in [2.05, 4.69) is 37.8 Å². The third kappa shape index (κ3) is 2.03. The van der Waals surface area contributed by atoms with Crippen LogP contribution in [0, 0.1) is 10.5 Å². The molecule has 0 spiro atoms. The molecule has 0 aliphatic carbocycles. The number of hydrogen-bond acceptors (Lipinski definition) is 4. The molecule has 0 aliphatic rings. The molecule has 0 amide bonds. The highest BCUT2D eigenvalue weighted by Gasteiger charge is 2.09. The standard InChI is InChI=1S/C12H9IN4O/c1-8-15-16-11-12(14-6-7-17(8)11)18-10-4-2-9(13)3-5-10/h2-7H,1H3. The van der Waals surface area contributed by atoms with Crippen molar-refractivity contribution < 1.29 is 4.74 Å². The van der Waals surface area contributed by atoms with Gasteiger partial charge in [-0.1, -0.05) is 0 Å². The summed E-state index contributed by atoms with van der Waals surface area (Å²) in [5.74, 6) is 2.00. The number of halogens is 1. The molecule has 0 fully saturated rings. The molecule has 2 aromatic heterocycles. The lowest BCUT2D eigenvalue weighted by Crippen LogP contribution is -1.94. The van der Waals surface area contributed by atoms with E-state index < -0.39 is 0 Å². The van der Waals surface area contributed by atoms with E-state index in [-0.39, 0.29) is 0 Å². The van der Waals surface area contributed by atoms with Gasteiger partial charge in [0.05, 0.1) is 0 Å². The largest absolute Gasteiger partial charge is 0.436 e. The smallest absolute Gasteiger partial charge is 0.265 e. The summed E-state index contributed by atoms with van der Waals surface area (Å²) in [4.78, 5) is 4.19. The molecule has 3 aromatic rings. The van der Waals surface area contributed by atoms with Crippen molar-refractivity contribution >= 4 is 28.2 Å². The van der Waals surface area contributed by atoms with Gasteiger partial charge in [0.2, 0.25) is 5.65 Å². The number of hydrogen-bond donors (Lipinski definition) is 0. The van der Waals surface area contributed by atoms with Gasteiger partial charge in [-0.25, -0.2) is 4.98 Å². The molecule has 2 heterocycles. The monoisotopic (exact) mass is 352 g/mol. The maximum atomic E-state index is 5.72. The molecular weight excluding hydrogens is 343 g/mol. The molecule has 3 rings (SSSR count). The third-order valence-electron chi connectivity index (χ3n) is 2.49. The van der Waals surface area contributed by atoms with Gasteiger partial charge < -0.3 is 4.74 Å². The summed E-state index contributed by atoms with van der Waals surface area (Å²) in [6.07, 6.45) is 3.48. The highest BCUT2D eigenvalue weighted by Crippen LogP contribution is 2.23. The number of rotatable bonds is 2. The lowest BCUT2D eigenvalue weighted by molar-refractivity contribution is 0.464. The zero-order chi connectivity index (χ0) is 12.5. The van der Waals surface area contributed by atoms with Crippen molar-refractivity contribution in [2.45, 2.75) is 6.92 Å². The number of fused-ring (bicyclic) bond motifs is 1. The Kier molecular flexibility index (Phi) is 2.86. The van der Waals surface area contributed by atoms with Crippen molar-refractivity contribution in [3.8, 4) is 11.6 Å². The molecular formula is C12H9IN4O. The molecule has 0 N–H and O–H groups in total. The lowest BCUT2D eigenvalue weighted by atomic mass is 10.3. The summed E-state index contributed by atoms with van der Waals surface area (Å²) in [5, 5.41) is 8.06. The summed E-state index contributed by atoms with van der Waals surface area (Å²) in [7, 11) is 0. The van der Waals surface area contributed by atoms with Crippen LogP contribution in [0.5, 0.6) is 11.6 Å². The summed E-state index contributed by atoms with van der Waals surface area (Å²) in [5.41, 5.74) is 0.619. The van der Waals surface area contributed by atoms with Crippen molar-refractivity contribution in [2.75, 3.05) is 0 Å². The second-order valence-corrected chi connectivity index (χ2v) is 4.97. The van der Waals surface area contributed by atoms with Gasteiger partial charge >= 0.3 is 0 Å². The Balaban J connectivity index is 2.02. The average Bonchev–Trinajstić information content (AvgIpc) is 2.76. The first kappa shape index (κ1) is 11.4. The van der Waals surface area contributed by atoms with Crippen molar-refractivity contribution in [3.05, 3.63) is 46.1 Å². The fourth-order valence-electron chi connectivity index (χ4n) is 1.61. The molecule has 0 saturated carbocycles. The van der Waals surface area contributed by atoms with Gasteiger partial charge in [-0.3, -0.25) is 4.40 Å². The second kappa shape index (κ2) is 4.52. The van der Waals surface area contributed by atoms with E-state index in [0.717, 1.165) is 15.1 Å². The highest BCUT2D eigenvalue weighted by atomic mass is 127. The normalized spacial score (nSPS) is 10.8. The topological polar surface area (TPSA) is 52.3 Å². The van der Waals surface area contributed by atoms with Crippen LogP contribution in [0.15, 0.2) is 36.7 Å². The Labute approximate surface area is 117 Å². The van der Waals surface area contributed by atoms with Gasteiger partial charge in [0.25, 0.3) is 5.88 Å². The van der Waals surface area contributed by atoms with Crippen LogP contribution in [0.2, 0.25) is 0 Å². The Hall–Kier alpha value is -1.70. The minimum Gasteiger partial charge on any atom is -0.436 e. The molecule has 0 unspecified atom stereocenters. The van der Waals surface area contributed by atoms with Gasteiger partial charge in [0.15, 0.2) is 0 Å². The molecule has 0 saturated heterocycles. The molecule has 6 heteroatoms. The van der Waals surface area contributed by atoms with Gasteiger partial charge in [-0.2, -0.15) is 0 Å². The quantitative estimate of drug-likeness (QED) is 0.666. The first-order chi connectivity index (χ1) is 8.74. The van der Waals surface area contributed by atoms with Crippen LogP contribution in [0.1, 0.15) is 5.82 Å². The summed E-state index contributed by atoms with van der Waals surface area (Å²) < 4.78 is 8.72. The van der Waals surface area contributed by atoms with Crippen molar-refractivity contribution in [2.24, 2.45) is 0 Å². The Morgan fingerprint density at radius 3 is 2.72 bits per heavy atom. The fraction of sp³-hybridized carbons (Fsp3) is 0.0833. The first-order valence-electron chi connectivity index (χ1n) is 5.34. The van der Waals surface area contributed by atoms with E-state index in [0.29, 0.717) is 11.5 Å². The molecule has 0 atom stereocenters. The van der Waals surface area contributed by atoms with E-state index in [4.69, 9.17) is 4.74 Å². The predicted molar refractivity (Wildman–Crippen MR) is 74.8 cm³/mol. The SMILES string of the molecule is Cc1nnc2c(Oc3ccc(I)cc3)nccn12. The van der Waals surface area contributed by atoms with Crippen LogP contribution >= 0.6 is 22.6 Å². The highest BCUT2D eigenvalue weighted by molar-refractivity contribution is 14.1. The minimum absolute atomic E-state index is 0.458. The number of ether oxygens (including phenoxy) is 1. The van der Waals surface area contributed by atoms with Crippen molar-refractivity contribution in [1.29, 1.82) is 0 Å². The van der Waals surface area contributed by atoms with Gasteiger partial charge in [-0.15, -0.1) is 10.2 Å². The van der Waals surface area contributed by atoms with Crippen molar-refractivity contribution in [3.63, 3.8) is 0 Å². The molecule has 5 nitrogen and oxygen atoms in total. The number of nitrogens with zero attached hydrogens (tertiary/aromatic N) is 4. The number of benzene rings is 1. The maximum absolute atomic E-state index is 5.72. The fourth-order valence-corrected chi connectivity index (χ4v) is 1.96. The van der Waals surface area contributed by atoms with Crippen LogP contribution in [0.4, 0.5) is 0 Å². The van der Waals surface area contributed by atoms with E-state index in [9.17, 15) is 0 Å². The van der Waals surface area contributed by atoms with Gasteiger partial charge in [0, 0.05) is 16.0 Å². The van der Waals surface area contributed by atoms with E-state index in [1.54, 1.807) is 6.20 Å². The average molecular weight is 352 g/mol. The number of aromatic nitrogens is 4. The first-order valence-corrected chi connectivity index (χ1v) is 6.42. The Morgan fingerprint density at radius 1 is 1.17 bits per heavy atom. The van der Waals surface area contributed by atoms with E-state index >= 15 is 0 Å².